The minimum absolute atomic E-state index is 0.0699. The minimum atomic E-state index is -1.16. The van der Waals surface area contributed by atoms with Crippen molar-refractivity contribution in [3.8, 4) is 0 Å². The van der Waals surface area contributed by atoms with Gasteiger partial charge in [-0.25, -0.2) is 4.79 Å². The molecule has 0 spiro atoms. The van der Waals surface area contributed by atoms with Crippen molar-refractivity contribution in [3.05, 3.63) is 40.8 Å². The highest BCUT2D eigenvalue weighted by molar-refractivity contribution is 5.97. The van der Waals surface area contributed by atoms with Gasteiger partial charge in [0, 0.05) is 25.2 Å². The molecule has 0 aliphatic heterocycles. The van der Waals surface area contributed by atoms with Crippen LogP contribution in [0.25, 0.3) is 0 Å². The molecule has 1 heterocycles. The van der Waals surface area contributed by atoms with Crippen LogP contribution in [-0.2, 0) is 35.3 Å². The van der Waals surface area contributed by atoms with Crippen molar-refractivity contribution in [2.45, 2.75) is 78.3 Å². The van der Waals surface area contributed by atoms with Crippen molar-refractivity contribution in [3.63, 3.8) is 0 Å². The van der Waals surface area contributed by atoms with Gasteiger partial charge in [-0.1, -0.05) is 32.8 Å². The average Bonchev–Trinajstić information content (AvgIpc) is 2.89. The number of amides is 3. The predicted octanol–water partition coefficient (Wildman–Crippen LogP) is 1.98. The molecule has 0 radical (unpaired) electrons. The number of carbonyl (C=O) groups is 5. The lowest BCUT2D eigenvalue weighted by molar-refractivity contribution is -0.139. The molecule has 0 saturated carbocycles. The minimum Gasteiger partial charge on any atom is -0.481 e. The summed E-state index contributed by atoms with van der Waals surface area (Å²) in [6, 6.07) is 1.78. The summed E-state index contributed by atoms with van der Waals surface area (Å²) in [7, 11) is 0. The van der Waals surface area contributed by atoms with E-state index in [2.05, 4.69) is 29.8 Å². The van der Waals surface area contributed by atoms with Gasteiger partial charge in [0.05, 0.1) is 13.0 Å². The van der Waals surface area contributed by atoms with E-state index in [1.54, 1.807) is 6.92 Å². The average molecular weight is 549 g/mol. The second kappa shape index (κ2) is 18.3. The molecule has 1 atom stereocenters. The second-order valence-corrected chi connectivity index (χ2v) is 8.91. The first-order chi connectivity index (χ1) is 18.6. The summed E-state index contributed by atoms with van der Waals surface area (Å²) < 4.78 is 5.96. The first kappa shape index (κ1) is 33.1. The lowest BCUT2D eigenvalue weighted by Crippen LogP contribution is -2.44. The van der Waals surface area contributed by atoms with Crippen molar-refractivity contribution in [2.24, 2.45) is 5.92 Å². The molecule has 0 saturated heterocycles. The first-order valence-electron chi connectivity index (χ1n) is 13.2. The largest absolute Gasteiger partial charge is 0.481 e. The van der Waals surface area contributed by atoms with E-state index in [0.717, 1.165) is 19.3 Å². The van der Waals surface area contributed by atoms with Gasteiger partial charge in [-0.15, -0.1) is 0 Å². The fourth-order valence-electron chi connectivity index (χ4n) is 3.69. The normalized spacial score (nSPS) is 11.7. The number of pyridine rings is 1. The molecule has 1 aromatic rings. The molecular formula is C27H40N4O8. The Morgan fingerprint density at radius 3 is 2.41 bits per heavy atom. The van der Waals surface area contributed by atoms with Crippen LogP contribution in [0.15, 0.2) is 35.3 Å². The van der Waals surface area contributed by atoms with Crippen LogP contribution in [0.4, 0.5) is 5.69 Å². The fraction of sp³-hybridized carbons (Fsp3) is 0.556. The van der Waals surface area contributed by atoms with Crippen molar-refractivity contribution in [1.82, 2.24) is 15.2 Å². The summed E-state index contributed by atoms with van der Waals surface area (Å²) in [5, 5.41) is 16.6. The Hall–Kier alpha value is -3.96. The first-order valence-corrected chi connectivity index (χ1v) is 13.2. The van der Waals surface area contributed by atoms with Crippen molar-refractivity contribution in [1.29, 1.82) is 0 Å². The monoisotopic (exact) mass is 548 g/mol. The van der Waals surface area contributed by atoms with Crippen LogP contribution in [0.5, 0.6) is 0 Å². The number of allylic oxidation sites excluding steroid dienone is 1. The maximum absolute atomic E-state index is 13.0. The molecule has 4 N–H and O–H groups in total. The number of hydrogen-bond donors (Lipinski definition) is 4. The van der Waals surface area contributed by atoms with Crippen molar-refractivity contribution < 1.29 is 33.8 Å². The highest BCUT2D eigenvalue weighted by Crippen LogP contribution is 2.11. The smallest absolute Gasteiger partial charge is 0.330 e. The number of carboxylic acid groups (broad SMARTS) is 1. The molecule has 12 nitrogen and oxygen atoms in total. The fourth-order valence-corrected chi connectivity index (χ4v) is 3.69. The van der Waals surface area contributed by atoms with E-state index in [-0.39, 0.29) is 44.0 Å². The molecule has 0 bridgehead atoms. The third kappa shape index (κ3) is 13.4. The van der Waals surface area contributed by atoms with E-state index in [1.165, 1.54) is 35.0 Å². The number of aliphatic carboxylic acids is 1. The van der Waals surface area contributed by atoms with Crippen LogP contribution in [0.3, 0.4) is 0 Å². The Labute approximate surface area is 228 Å². The van der Waals surface area contributed by atoms with Crippen LogP contribution in [0.1, 0.15) is 65.7 Å². The van der Waals surface area contributed by atoms with Gasteiger partial charge in [0.1, 0.15) is 18.3 Å². The number of nitrogens with zero attached hydrogens (tertiary/aromatic N) is 1. The Morgan fingerprint density at radius 2 is 1.77 bits per heavy atom. The Balaban J connectivity index is 2.88. The van der Waals surface area contributed by atoms with Gasteiger partial charge in [-0.3, -0.25) is 24.0 Å². The Bertz CT molecular complexity index is 1060. The van der Waals surface area contributed by atoms with Crippen molar-refractivity contribution in [2.75, 3.05) is 18.5 Å². The number of ether oxygens (including phenoxy) is 1. The number of carbonyl (C=O) groups excluding carboxylic acids is 4. The van der Waals surface area contributed by atoms with E-state index in [0.29, 0.717) is 12.5 Å². The number of esters is 1. The molecule has 0 unspecified atom stereocenters. The van der Waals surface area contributed by atoms with Gasteiger partial charge in [-0.05, 0) is 44.2 Å². The van der Waals surface area contributed by atoms with E-state index < -0.39 is 41.8 Å². The summed E-state index contributed by atoms with van der Waals surface area (Å²) in [5.41, 5.74) is -0.682. The quantitative estimate of drug-likeness (QED) is 0.159. The van der Waals surface area contributed by atoms with Gasteiger partial charge >= 0.3 is 11.9 Å². The van der Waals surface area contributed by atoms with Crippen LogP contribution in [0, 0.1) is 5.92 Å². The summed E-state index contributed by atoms with van der Waals surface area (Å²) in [5.74, 6) is -2.87. The summed E-state index contributed by atoms with van der Waals surface area (Å²) in [6.07, 6.45) is 6.56. The molecule has 1 rings (SSSR count). The van der Waals surface area contributed by atoms with Crippen LogP contribution < -0.4 is 21.5 Å². The maximum Gasteiger partial charge on any atom is 0.330 e. The Morgan fingerprint density at radius 1 is 1.05 bits per heavy atom. The molecular weight excluding hydrogens is 508 g/mol. The molecule has 1 aromatic heterocycles. The molecule has 0 aliphatic rings. The van der Waals surface area contributed by atoms with E-state index in [1.807, 2.05) is 0 Å². The number of rotatable bonds is 18. The topological polar surface area (TPSA) is 173 Å². The number of carboxylic acids is 1. The zero-order valence-electron chi connectivity index (χ0n) is 22.9. The summed E-state index contributed by atoms with van der Waals surface area (Å²) in [6.45, 7) is 6.35. The summed E-state index contributed by atoms with van der Waals surface area (Å²) >= 11 is 0. The molecule has 0 fully saturated rings. The van der Waals surface area contributed by atoms with Gasteiger partial charge in [0.15, 0.2) is 0 Å². The third-order valence-corrected chi connectivity index (χ3v) is 6.00. The molecule has 216 valence electrons. The van der Waals surface area contributed by atoms with Gasteiger partial charge in [0.2, 0.25) is 17.7 Å². The maximum atomic E-state index is 13.0. The lowest BCUT2D eigenvalue weighted by atomic mass is 10.00. The number of nitrogens with one attached hydrogen (secondary N) is 3. The van der Waals surface area contributed by atoms with E-state index >= 15 is 0 Å². The number of hydrogen-bond acceptors (Lipinski definition) is 7. The summed E-state index contributed by atoms with van der Waals surface area (Å²) in [4.78, 5) is 72.7. The second-order valence-electron chi connectivity index (χ2n) is 8.91. The number of aromatic nitrogens is 1. The van der Waals surface area contributed by atoms with Gasteiger partial charge in [-0.2, -0.15) is 0 Å². The molecule has 39 heavy (non-hydrogen) atoms. The van der Waals surface area contributed by atoms with Crippen LogP contribution in [0.2, 0.25) is 0 Å². The Kier molecular flexibility index (Phi) is 15.5. The van der Waals surface area contributed by atoms with Crippen LogP contribution >= 0.6 is 0 Å². The zero-order chi connectivity index (χ0) is 29.2. The predicted molar refractivity (Wildman–Crippen MR) is 145 cm³/mol. The molecule has 0 aromatic carbocycles. The highest BCUT2D eigenvalue weighted by atomic mass is 16.5. The third-order valence-electron chi connectivity index (χ3n) is 6.00. The van der Waals surface area contributed by atoms with Crippen molar-refractivity contribution >= 4 is 35.3 Å². The van der Waals surface area contributed by atoms with Gasteiger partial charge < -0.3 is 30.4 Å². The van der Waals surface area contributed by atoms with E-state index in [4.69, 9.17) is 9.84 Å². The SMILES string of the molecule is CCOC(=O)/C=C/CC[C@H](NC(=O)CCC(=O)O)C(=O)Nc1cccn(CC(=O)NCCC(CC)CC)c1=O. The lowest BCUT2D eigenvalue weighted by Gasteiger charge is -2.18. The highest BCUT2D eigenvalue weighted by Gasteiger charge is 2.22. The van der Waals surface area contributed by atoms with E-state index in [9.17, 15) is 28.8 Å². The van der Waals surface area contributed by atoms with Gasteiger partial charge in [0.25, 0.3) is 5.56 Å². The standard InChI is InChI=1S/C27H40N4O8/c1-4-19(5-2)15-16-28-23(33)18-31-17-9-11-21(27(31)38)30-26(37)20(29-22(32)13-14-24(34)35)10-7-8-12-25(36)39-6-3/h8-9,11-12,17,19-20H,4-7,10,13-16,18H2,1-3H3,(H,28,33)(H,29,32)(H,30,37)(H,34,35)/b12-8+/t20-/m0/s1. The number of anilines is 1. The molecule has 0 aliphatic carbocycles. The zero-order valence-corrected chi connectivity index (χ0v) is 22.9. The molecule has 12 heteroatoms. The molecule has 3 amide bonds. The van der Waals surface area contributed by atoms with Crippen LogP contribution in [-0.4, -0.2) is 58.5 Å².